The molecule has 1 fully saturated rings. The van der Waals surface area contributed by atoms with Crippen LogP contribution in [0.15, 0.2) is 41.5 Å². The third-order valence-electron chi connectivity index (χ3n) is 4.06. The van der Waals surface area contributed by atoms with Crippen LogP contribution in [0.4, 0.5) is 0 Å². The summed E-state index contributed by atoms with van der Waals surface area (Å²) in [6, 6.07) is 10.8. The van der Waals surface area contributed by atoms with Gasteiger partial charge in [0.2, 0.25) is 0 Å². The van der Waals surface area contributed by atoms with Gasteiger partial charge < -0.3 is 10.2 Å². The molecule has 2 heterocycles. The number of likely N-dealkylation sites (tertiary alicyclic amines) is 1. The molecule has 1 N–H and O–H groups in total. The van der Waals surface area contributed by atoms with Crippen LogP contribution in [0.5, 0.6) is 0 Å². The van der Waals surface area contributed by atoms with Crippen molar-refractivity contribution in [2.75, 3.05) is 20.1 Å². The summed E-state index contributed by atoms with van der Waals surface area (Å²) in [5.74, 6) is 1.59. The smallest absolute Gasteiger partial charge is 0.193 e. The molecule has 0 aliphatic carbocycles. The van der Waals surface area contributed by atoms with Crippen LogP contribution in [0.3, 0.4) is 0 Å². The number of aliphatic imine (C=N–C) groups is 1. The number of nitrogens with zero attached hydrogens (tertiary/aromatic N) is 3. The first-order valence-corrected chi connectivity index (χ1v) is 8.50. The molecule has 22 heavy (non-hydrogen) atoms. The first-order valence-electron chi connectivity index (χ1n) is 7.68. The van der Waals surface area contributed by atoms with Gasteiger partial charge in [-0.2, -0.15) is 0 Å². The van der Waals surface area contributed by atoms with Crippen molar-refractivity contribution in [2.24, 2.45) is 4.99 Å². The minimum Gasteiger partial charge on any atom is -0.351 e. The van der Waals surface area contributed by atoms with Crippen LogP contribution < -0.4 is 5.32 Å². The van der Waals surface area contributed by atoms with Crippen molar-refractivity contribution in [1.82, 2.24) is 15.2 Å². The number of benzene rings is 1. The zero-order valence-corrected chi connectivity index (χ0v) is 13.9. The molecule has 1 aliphatic rings. The van der Waals surface area contributed by atoms with E-state index in [0.29, 0.717) is 5.92 Å². The maximum absolute atomic E-state index is 4.44. The van der Waals surface area contributed by atoms with Crippen LogP contribution in [-0.2, 0) is 6.54 Å². The van der Waals surface area contributed by atoms with Gasteiger partial charge >= 0.3 is 0 Å². The number of nitrogens with one attached hydrogen (secondary N) is 1. The number of guanidine groups is 1. The molecule has 3 rings (SSSR count). The molecule has 1 unspecified atom stereocenters. The van der Waals surface area contributed by atoms with Crippen molar-refractivity contribution < 1.29 is 0 Å². The lowest BCUT2D eigenvalue weighted by Crippen LogP contribution is -2.39. The van der Waals surface area contributed by atoms with Crippen molar-refractivity contribution in [3.05, 3.63) is 52.0 Å². The van der Waals surface area contributed by atoms with E-state index in [4.69, 9.17) is 0 Å². The predicted octanol–water partition coefficient (Wildman–Crippen LogP) is 3.02. The molecule has 1 aromatic heterocycles. The highest BCUT2D eigenvalue weighted by Crippen LogP contribution is 2.26. The van der Waals surface area contributed by atoms with E-state index in [0.717, 1.165) is 30.6 Å². The first kappa shape index (κ1) is 15.0. The molecule has 1 aromatic carbocycles. The maximum Gasteiger partial charge on any atom is 0.193 e. The number of rotatable bonds is 3. The van der Waals surface area contributed by atoms with E-state index in [-0.39, 0.29) is 0 Å². The van der Waals surface area contributed by atoms with Gasteiger partial charge in [0.05, 0.1) is 11.6 Å². The van der Waals surface area contributed by atoms with E-state index in [2.05, 4.69) is 50.5 Å². The topological polar surface area (TPSA) is 40.5 Å². The molecule has 0 bridgehead atoms. The Balaban J connectivity index is 1.58. The highest BCUT2D eigenvalue weighted by atomic mass is 32.1. The van der Waals surface area contributed by atoms with Crippen molar-refractivity contribution in [3.8, 4) is 0 Å². The molecule has 0 saturated carbocycles. The molecule has 5 heteroatoms. The lowest BCUT2D eigenvalue weighted by molar-refractivity contribution is 0.486. The second kappa shape index (κ2) is 6.92. The van der Waals surface area contributed by atoms with Crippen LogP contribution in [0, 0.1) is 6.92 Å². The molecule has 0 amide bonds. The fraction of sp³-hybridized carbons (Fsp3) is 0.412. The SMILES string of the molecule is CN=C(NCc1cnc(C)s1)N1CCC(c2ccccc2)C1. The zero-order chi connectivity index (χ0) is 15.4. The van der Waals surface area contributed by atoms with E-state index in [1.165, 1.54) is 16.9 Å². The van der Waals surface area contributed by atoms with Gasteiger partial charge in [0.25, 0.3) is 0 Å². The third-order valence-corrected chi connectivity index (χ3v) is 4.97. The molecule has 0 spiro atoms. The summed E-state index contributed by atoms with van der Waals surface area (Å²) in [6.45, 7) is 4.92. The first-order chi connectivity index (χ1) is 10.8. The van der Waals surface area contributed by atoms with Crippen LogP contribution in [0.25, 0.3) is 0 Å². The lowest BCUT2D eigenvalue weighted by atomic mass is 9.99. The quantitative estimate of drug-likeness (QED) is 0.699. The van der Waals surface area contributed by atoms with Crippen LogP contribution in [0.1, 0.15) is 27.8 Å². The Hall–Kier alpha value is -1.88. The summed E-state index contributed by atoms with van der Waals surface area (Å²) in [6.07, 6.45) is 3.13. The minimum absolute atomic E-state index is 0.602. The van der Waals surface area contributed by atoms with Gasteiger partial charge in [-0.15, -0.1) is 11.3 Å². The average molecular weight is 314 g/mol. The monoisotopic (exact) mass is 314 g/mol. The molecule has 1 atom stereocenters. The van der Waals surface area contributed by atoms with Gasteiger partial charge in [-0.25, -0.2) is 4.98 Å². The van der Waals surface area contributed by atoms with Crippen molar-refractivity contribution in [3.63, 3.8) is 0 Å². The third kappa shape index (κ3) is 3.47. The maximum atomic E-state index is 4.44. The molecule has 2 aromatic rings. The molecule has 4 nitrogen and oxygen atoms in total. The largest absolute Gasteiger partial charge is 0.351 e. The van der Waals surface area contributed by atoms with E-state index in [1.54, 1.807) is 11.3 Å². The highest BCUT2D eigenvalue weighted by molar-refractivity contribution is 7.11. The van der Waals surface area contributed by atoms with E-state index in [1.807, 2.05) is 20.2 Å². The summed E-state index contributed by atoms with van der Waals surface area (Å²) in [7, 11) is 1.86. The Kier molecular flexibility index (Phi) is 4.73. The van der Waals surface area contributed by atoms with Gasteiger partial charge in [0, 0.05) is 37.1 Å². The summed E-state index contributed by atoms with van der Waals surface area (Å²) >= 11 is 1.73. The standard InChI is InChI=1S/C17H22N4S/c1-13-19-10-16(22-13)11-20-17(18-2)21-9-8-15(12-21)14-6-4-3-5-7-14/h3-7,10,15H,8-9,11-12H2,1-2H3,(H,18,20). The van der Waals surface area contributed by atoms with E-state index < -0.39 is 0 Å². The molecular weight excluding hydrogens is 292 g/mol. The second-order valence-corrected chi connectivity index (χ2v) is 6.91. The predicted molar refractivity (Wildman–Crippen MR) is 92.4 cm³/mol. The molecule has 116 valence electrons. The fourth-order valence-electron chi connectivity index (χ4n) is 2.94. The number of aromatic nitrogens is 1. The second-order valence-electron chi connectivity index (χ2n) is 5.59. The van der Waals surface area contributed by atoms with E-state index >= 15 is 0 Å². The molecule has 1 saturated heterocycles. The van der Waals surface area contributed by atoms with Crippen molar-refractivity contribution in [2.45, 2.75) is 25.8 Å². The minimum atomic E-state index is 0.602. The van der Waals surface area contributed by atoms with Crippen molar-refractivity contribution in [1.29, 1.82) is 0 Å². The van der Waals surface area contributed by atoms with Crippen LogP contribution in [-0.4, -0.2) is 36.0 Å². The summed E-state index contributed by atoms with van der Waals surface area (Å²) in [5.41, 5.74) is 1.43. The number of hydrogen-bond donors (Lipinski definition) is 1. The Morgan fingerprint density at radius 3 is 2.91 bits per heavy atom. The summed E-state index contributed by atoms with van der Waals surface area (Å²) in [4.78, 5) is 12.3. The number of hydrogen-bond acceptors (Lipinski definition) is 3. The zero-order valence-electron chi connectivity index (χ0n) is 13.1. The van der Waals surface area contributed by atoms with Gasteiger partial charge in [-0.3, -0.25) is 4.99 Å². The Morgan fingerprint density at radius 2 is 2.23 bits per heavy atom. The summed E-state index contributed by atoms with van der Waals surface area (Å²) in [5, 5.41) is 4.57. The van der Waals surface area contributed by atoms with Crippen LogP contribution in [0.2, 0.25) is 0 Å². The number of thiazole rings is 1. The Labute approximate surface area is 135 Å². The summed E-state index contributed by atoms with van der Waals surface area (Å²) < 4.78 is 0. The fourth-order valence-corrected chi connectivity index (χ4v) is 3.67. The van der Waals surface area contributed by atoms with Crippen molar-refractivity contribution >= 4 is 17.3 Å². The molecular formula is C17H22N4S. The Morgan fingerprint density at radius 1 is 1.41 bits per heavy atom. The van der Waals surface area contributed by atoms with Gasteiger partial charge in [-0.05, 0) is 18.9 Å². The average Bonchev–Trinajstić information content (AvgIpc) is 3.18. The Bertz CT molecular complexity index is 635. The normalized spacial score (nSPS) is 18.7. The molecule has 1 aliphatic heterocycles. The van der Waals surface area contributed by atoms with E-state index in [9.17, 15) is 0 Å². The number of aryl methyl sites for hydroxylation is 1. The van der Waals surface area contributed by atoms with Gasteiger partial charge in [0.1, 0.15) is 0 Å². The lowest BCUT2D eigenvalue weighted by Gasteiger charge is -2.21. The van der Waals surface area contributed by atoms with Gasteiger partial charge in [0.15, 0.2) is 5.96 Å². The highest BCUT2D eigenvalue weighted by Gasteiger charge is 2.25. The van der Waals surface area contributed by atoms with Gasteiger partial charge in [-0.1, -0.05) is 30.3 Å². The van der Waals surface area contributed by atoms with Crippen LogP contribution >= 0.6 is 11.3 Å². The molecule has 0 radical (unpaired) electrons.